The predicted molar refractivity (Wildman–Crippen MR) is 145 cm³/mol. The van der Waals surface area contributed by atoms with Gasteiger partial charge < -0.3 is 24.2 Å². The first kappa shape index (κ1) is 28.2. The first-order valence-electron chi connectivity index (χ1n) is 12.2. The number of phenolic OH excluding ortho intramolecular Hbond substituents is 1. The van der Waals surface area contributed by atoms with E-state index >= 15 is 4.39 Å². The van der Waals surface area contributed by atoms with Gasteiger partial charge in [-0.2, -0.15) is 9.65 Å². The van der Waals surface area contributed by atoms with Crippen LogP contribution in [0.3, 0.4) is 0 Å². The summed E-state index contributed by atoms with van der Waals surface area (Å²) in [6.45, 7) is 1.15. The average Bonchev–Trinajstić information content (AvgIpc) is 3.43. The summed E-state index contributed by atoms with van der Waals surface area (Å²) in [5.41, 5.74) is 0.797. The van der Waals surface area contributed by atoms with Gasteiger partial charge in [0.2, 0.25) is 11.6 Å². The Labute approximate surface area is 242 Å². The van der Waals surface area contributed by atoms with E-state index in [1.54, 1.807) is 12.1 Å². The average molecular weight is 591 g/mol. The van der Waals surface area contributed by atoms with Gasteiger partial charge in [-0.1, -0.05) is 0 Å². The highest BCUT2D eigenvalue weighted by Crippen LogP contribution is 2.39. The van der Waals surface area contributed by atoms with Crippen molar-refractivity contribution in [2.75, 3.05) is 27.2 Å². The van der Waals surface area contributed by atoms with Gasteiger partial charge in [-0.15, -0.1) is 0 Å². The summed E-state index contributed by atoms with van der Waals surface area (Å²) in [6, 6.07) is 10.5. The van der Waals surface area contributed by atoms with Crippen molar-refractivity contribution in [1.29, 1.82) is 5.26 Å². The second-order valence-corrected chi connectivity index (χ2v) is 9.73. The van der Waals surface area contributed by atoms with Gasteiger partial charge >= 0.3 is 5.97 Å². The predicted octanol–water partition coefficient (Wildman–Crippen LogP) is 4.94. The number of halogens is 2. The minimum Gasteiger partial charge on any atom is -0.504 e. The van der Waals surface area contributed by atoms with Gasteiger partial charge in [0.05, 0.1) is 42.6 Å². The number of rotatable bonds is 8. The van der Waals surface area contributed by atoms with E-state index in [9.17, 15) is 14.3 Å². The monoisotopic (exact) mass is 590 g/mol. The van der Waals surface area contributed by atoms with E-state index < -0.39 is 29.2 Å². The van der Waals surface area contributed by atoms with Crippen LogP contribution in [0, 0.1) is 23.0 Å². The lowest BCUT2D eigenvalue weighted by Gasteiger charge is -2.19. The molecule has 2 aromatic carbocycles. The van der Waals surface area contributed by atoms with E-state index in [4.69, 9.17) is 14.7 Å². The number of likely N-dealkylation sites (N-methyl/N-ethyl adjacent to an activating group) is 1. The Hall–Kier alpha value is -5.29. The first-order valence-corrected chi connectivity index (χ1v) is 13.0. The number of nitriles is 1. The number of amidine groups is 1. The number of carbonyl (C=O) groups excluding carboxylic acids is 1. The maximum absolute atomic E-state index is 15.5. The van der Waals surface area contributed by atoms with Crippen LogP contribution in [0.15, 0.2) is 70.0 Å². The maximum Gasteiger partial charge on any atom is 0.341 e. The van der Waals surface area contributed by atoms with E-state index in [1.165, 1.54) is 55.5 Å². The van der Waals surface area contributed by atoms with Crippen molar-refractivity contribution in [3.8, 4) is 34.9 Å². The lowest BCUT2D eigenvalue weighted by Crippen LogP contribution is -2.24. The van der Waals surface area contributed by atoms with Crippen molar-refractivity contribution in [2.45, 2.75) is 10.1 Å². The van der Waals surface area contributed by atoms with E-state index in [1.807, 2.05) is 18.0 Å². The quantitative estimate of drug-likeness (QED) is 0.220. The van der Waals surface area contributed by atoms with Gasteiger partial charge in [0.15, 0.2) is 22.5 Å². The van der Waals surface area contributed by atoms with Gasteiger partial charge in [-0.05, 0) is 42.1 Å². The normalized spacial score (nSPS) is 12.5. The number of esters is 1. The SMILES string of the molecule is COC(=O)c1cnc(Sc2ccc(Oc3c(F)cnc(Oc4cc(C#N)ccc4O)c3F)c(C3=NCCN3C)c2)nc1. The number of hydrogen-bond donors (Lipinski definition) is 1. The van der Waals surface area contributed by atoms with Crippen LogP contribution in [-0.2, 0) is 4.74 Å². The molecule has 1 N–H and O–H groups in total. The molecular formula is C28H20F2N6O5S. The fraction of sp³-hybridized carbons (Fsp3) is 0.143. The number of ether oxygens (including phenoxy) is 3. The maximum atomic E-state index is 15.5. The molecule has 0 amide bonds. The molecule has 0 atom stereocenters. The van der Waals surface area contributed by atoms with Crippen molar-refractivity contribution < 1.29 is 32.9 Å². The molecule has 4 aromatic rings. The van der Waals surface area contributed by atoms with Crippen molar-refractivity contribution >= 4 is 23.6 Å². The summed E-state index contributed by atoms with van der Waals surface area (Å²) in [4.78, 5) is 30.7. The molecule has 11 nitrogen and oxygen atoms in total. The zero-order valence-corrected chi connectivity index (χ0v) is 22.9. The molecule has 0 spiro atoms. The number of hydrogen-bond acceptors (Lipinski definition) is 12. The molecule has 0 saturated heterocycles. The number of aromatic hydroxyl groups is 1. The van der Waals surface area contributed by atoms with Crippen LogP contribution in [0.5, 0.6) is 28.9 Å². The van der Waals surface area contributed by atoms with Crippen molar-refractivity contribution in [1.82, 2.24) is 19.9 Å². The van der Waals surface area contributed by atoms with Crippen molar-refractivity contribution in [3.05, 3.63) is 83.3 Å². The van der Waals surface area contributed by atoms with Crippen molar-refractivity contribution in [2.24, 2.45) is 4.99 Å². The zero-order chi connectivity index (χ0) is 29.8. The largest absolute Gasteiger partial charge is 0.504 e. The number of pyridine rings is 1. The lowest BCUT2D eigenvalue weighted by atomic mass is 10.1. The zero-order valence-electron chi connectivity index (χ0n) is 22.0. The molecule has 0 saturated carbocycles. The Morgan fingerprint density at radius 1 is 1.07 bits per heavy atom. The highest BCUT2D eigenvalue weighted by atomic mass is 32.2. The second-order valence-electron chi connectivity index (χ2n) is 8.69. The number of phenols is 1. The van der Waals surface area contributed by atoms with E-state index in [0.717, 1.165) is 6.20 Å². The summed E-state index contributed by atoms with van der Waals surface area (Å²) in [7, 11) is 3.08. The molecular weight excluding hydrogens is 570 g/mol. The third-order valence-corrected chi connectivity index (χ3v) is 6.80. The number of methoxy groups -OCH3 is 1. The highest BCUT2D eigenvalue weighted by Gasteiger charge is 2.25. The molecule has 2 aromatic heterocycles. The minimum absolute atomic E-state index is 0.0954. The molecule has 0 unspecified atom stereocenters. The van der Waals surface area contributed by atoms with Gasteiger partial charge in [0, 0.05) is 36.9 Å². The van der Waals surface area contributed by atoms with Crippen LogP contribution in [-0.4, -0.2) is 64.0 Å². The Balaban J connectivity index is 1.47. The van der Waals surface area contributed by atoms with Crippen molar-refractivity contribution in [3.63, 3.8) is 0 Å². The number of carbonyl (C=O) groups is 1. The van der Waals surface area contributed by atoms with Crippen LogP contribution in [0.2, 0.25) is 0 Å². The van der Waals surface area contributed by atoms with Crippen LogP contribution in [0.25, 0.3) is 0 Å². The van der Waals surface area contributed by atoms with Crippen LogP contribution in [0.1, 0.15) is 21.5 Å². The first-order chi connectivity index (χ1) is 20.3. The smallest absolute Gasteiger partial charge is 0.341 e. The molecule has 0 aliphatic carbocycles. The number of aromatic nitrogens is 3. The van der Waals surface area contributed by atoms with Gasteiger partial charge in [0.1, 0.15) is 11.6 Å². The highest BCUT2D eigenvalue weighted by molar-refractivity contribution is 7.99. The van der Waals surface area contributed by atoms with E-state index in [2.05, 4.69) is 24.7 Å². The molecule has 1 aliphatic rings. The Bertz CT molecular complexity index is 1750. The fourth-order valence-corrected chi connectivity index (χ4v) is 4.57. The van der Waals surface area contributed by atoms with Crippen LogP contribution < -0.4 is 9.47 Å². The van der Waals surface area contributed by atoms with Gasteiger partial charge in [-0.3, -0.25) is 4.99 Å². The van der Waals surface area contributed by atoms with Crippen LogP contribution in [0.4, 0.5) is 8.78 Å². The molecule has 5 rings (SSSR count). The Morgan fingerprint density at radius 2 is 1.86 bits per heavy atom. The van der Waals surface area contributed by atoms with Gasteiger partial charge in [0.25, 0.3) is 5.88 Å². The summed E-state index contributed by atoms with van der Waals surface area (Å²) < 4.78 is 46.1. The summed E-state index contributed by atoms with van der Waals surface area (Å²) in [6.07, 6.45) is 3.41. The molecule has 42 heavy (non-hydrogen) atoms. The Kier molecular flexibility index (Phi) is 8.12. The van der Waals surface area contributed by atoms with E-state index in [0.29, 0.717) is 34.5 Å². The topological polar surface area (TPSA) is 143 Å². The summed E-state index contributed by atoms with van der Waals surface area (Å²) >= 11 is 1.19. The molecule has 14 heteroatoms. The molecule has 212 valence electrons. The number of nitrogens with zero attached hydrogens (tertiary/aromatic N) is 6. The number of aliphatic imine (C=N–C) groups is 1. The third kappa shape index (κ3) is 5.91. The molecule has 0 bridgehead atoms. The standard InChI is InChI=1S/C28H20F2N6O5S/c1-36-8-7-32-25(36)18-10-17(42-28-34-12-16(13-35-28)27(38)39-2)4-6-21(18)40-24-19(29)14-33-26(23(24)30)41-22-9-15(11-31)3-5-20(22)37/h3-6,9-10,12-14,37H,7-8H2,1-2H3. The number of benzene rings is 2. The molecule has 3 heterocycles. The Morgan fingerprint density at radius 3 is 2.55 bits per heavy atom. The second kappa shape index (κ2) is 12.1. The van der Waals surface area contributed by atoms with E-state index in [-0.39, 0.29) is 28.4 Å². The van der Waals surface area contributed by atoms with Gasteiger partial charge in [-0.25, -0.2) is 24.1 Å². The third-order valence-electron chi connectivity index (χ3n) is 5.92. The molecule has 0 fully saturated rings. The lowest BCUT2D eigenvalue weighted by molar-refractivity contribution is 0.0599. The molecule has 0 radical (unpaired) electrons. The molecule has 1 aliphatic heterocycles. The van der Waals surface area contributed by atoms with Crippen LogP contribution >= 0.6 is 11.8 Å². The summed E-state index contributed by atoms with van der Waals surface area (Å²) in [5.74, 6) is -4.37. The minimum atomic E-state index is -1.26. The fourth-order valence-electron chi connectivity index (χ4n) is 3.83. The summed E-state index contributed by atoms with van der Waals surface area (Å²) in [5, 5.41) is 19.5.